The van der Waals surface area contributed by atoms with E-state index in [2.05, 4.69) is 4.57 Å². The van der Waals surface area contributed by atoms with Gasteiger partial charge in [-0.2, -0.15) is 0 Å². The maximum Gasteiger partial charge on any atom is 0.309 e. The van der Waals surface area contributed by atoms with Gasteiger partial charge < -0.3 is 19.1 Å². The molecule has 6 heteroatoms. The van der Waals surface area contributed by atoms with Crippen molar-refractivity contribution in [3.8, 4) is 11.4 Å². The summed E-state index contributed by atoms with van der Waals surface area (Å²) in [5, 5.41) is 10.8. The van der Waals surface area contributed by atoms with E-state index in [1.54, 1.807) is 19.9 Å². The van der Waals surface area contributed by atoms with Gasteiger partial charge in [0.05, 0.1) is 23.1 Å². The van der Waals surface area contributed by atoms with Crippen molar-refractivity contribution in [1.29, 1.82) is 0 Å². The van der Waals surface area contributed by atoms with E-state index in [-0.39, 0.29) is 5.82 Å². The molecule has 1 N–H and O–H groups in total. The van der Waals surface area contributed by atoms with Crippen LogP contribution in [0.1, 0.15) is 42.1 Å². The quantitative estimate of drug-likeness (QED) is 0.360. The first-order chi connectivity index (χ1) is 17.3. The van der Waals surface area contributed by atoms with Crippen LogP contribution in [0.3, 0.4) is 0 Å². The van der Waals surface area contributed by atoms with Crippen LogP contribution in [-0.2, 0) is 28.2 Å². The van der Waals surface area contributed by atoms with Gasteiger partial charge in [-0.05, 0) is 68.1 Å². The molecular weight excluding hydrogens is 457 g/mol. The molecule has 5 nitrogen and oxygen atoms in total. The number of carboxylic acid groups (broad SMARTS) is 1. The summed E-state index contributed by atoms with van der Waals surface area (Å²) in [7, 11) is 0. The minimum atomic E-state index is -0.838. The van der Waals surface area contributed by atoms with Crippen molar-refractivity contribution in [2.45, 2.75) is 45.3 Å². The number of aryl methyl sites for hydroxylation is 1. The number of fused-ring (bicyclic) bond motifs is 4. The fourth-order valence-electron chi connectivity index (χ4n) is 6.06. The van der Waals surface area contributed by atoms with Crippen LogP contribution in [0.2, 0.25) is 0 Å². The van der Waals surface area contributed by atoms with Crippen molar-refractivity contribution in [2.75, 3.05) is 6.61 Å². The Morgan fingerprint density at radius 2 is 1.89 bits per heavy atom. The highest BCUT2D eigenvalue weighted by Gasteiger charge is 2.61. The van der Waals surface area contributed by atoms with Crippen LogP contribution in [0, 0.1) is 18.2 Å². The molecule has 0 radical (unpaired) electrons. The molecule has 4 aromatic rings. The SMILES string of the molecule is Cc1cc(-n2c3c(c4c(OCc5ccccc5)cccc42)C2(CC(C)(C(=O)O)C2)OCC3)ccc1F. The van der Waals surface area contributed by atoms with Gasteiger partial charge in [-0.15, -0.1) is 0 Å². The molecule has 0 atom stereocenters. The summed E-state index contributed by atoms with van der Waals surface area (Å²) < 4.78 is 29.1. The third kappa shape index (κ3) is 3.43. The largest absolute Gasteiger partial charge is 0.488 e. The Labute approximate surface area is 209 Å². The normalized spacial score (nSPS) is 22.9. The van der Waals surface area contributed by atoms with Gasteiger partial charge in [0.15, 0.2) is 0 Å². The molecule has 2 aliphatic rings. The Morgan fingerprint density at radius 1 is 1.11 bits per heavy atom. The Balaban J connectivity index is 1.56. The number of ether oxygens (including phenoxy) is 2. The highest BCUT2D eigenvalue weighted by molar-refractivity contribution is 5.94. The molecule has 36 heavy (non-hydrogen) atoms. The van der Waals surface area contributed by atoms with Crippen molar-refractivity contribution in [3.05, 3.63) is 94.9 Å². The number of rotatable bonds is 5. The number of benzene rings is 3. The van der Waals surface area contributed by atoms with Crippen LogP contribution >= 0.6 is 0 Å². The second-order valence-electron chi connectivity index (χ2n) is 10.3. The van der Waals surface area contributed by atoms with Crippen molar-refractivity contribution in [3.63, 3.8) is 0 Å². The number of aliphatic carboxylic acids is 1. The highest BCUT2D eigenvalue weighted by atomic mass is 19.1. The molecule has 3 aromatic carbocycles. The summed E-state index contributed by atoms with van der Waals surface area (Å²) in [5.74, 6) is -0.312. The summed E-state index contributed by atoms with van der Waals surface area (Å²) >= 11 is 0. The predicted octanol–water partition coefficient (Wildman–Crippen LogP) is 6.31. The molecule has 0 saturated heterocycles. The molecule has 2 heterocycles. The molecule has 1 aromatic heterocycles. The first-order valence-corrected chi connectivity index (χ1v) is 12.3. The van der Waals surface area contributed by atoms with Crippen LogP contribution in [0.5, 0.6) is 5.75 Å². The lowest BCUT2D eigenvalue weighted by Crippen LogP contribution is -2.55. The van der Waals surface area contributed by atoms with Gasteiger partial charge in [0.2, 0.25) is 0 Å². The average Bonchev–Trinajstić information content (AvgIpc) is 3.20. The van der Waals surface area contributed by atoms with Crippen LogP contribution in [0.25, 0.3) is 16.6 Å². The van der Waals surface area contributed by atoms with E-state index >= 15 is 0 Å². The van der Waals surface area contributed by atoms with Crippen molar-refractivity contribution in [2.24, 2.45) is 5.41 Å². The minimum absolute atomic E-state index is 0.244. The second kappa shape index (κ2) is 8.20. The Kier molecular flexibility index (Phi) is 5.20. The molecule has 6 rings (SSSR count). The first kappa shape index (κ1) is 22.8. The zero-order valence-corrected chi connectivity index (χ0v) is 20.4. The summed E-state index contributed by atoms with van der Waals surface area (Å²) in [6.07, 6.45) is 1.47. The van der Waals surface area contributed by atoms with E-state index in [0.717, 1.165) is 39.2 Å². The zero-order chi connectivity index (χ0) is 25.1. The summed E-state index contributed by atoms with van der Waals surface area (Å²) in [4.78, 5) is 12.0. The third-order valence-corrected chi connectivity index (χ3v) is 7.73. The minimum Gasteiger partial charge on any atom is -0.488 e. The Hall–Kier alpha value is -3.64. The molecule has 1 spiro atoms. The molecule has 1 aliphatic carbocycles. The van der Waals surface area contributed by atoms with Gasteiger partial charge in [-0.25, -0.2) is 4.39 Å². The molecule has 0 amide bonds. The van der Waals surface area contributed by atoms with Gasteiger partial charge in [-0.3, -0.25) is 4.79 Å². The predicted molar refractivity (Wildman–Crippen MR) is 135 cm³/mol. The number of hydrogen-bond acceptors (Lipinski definition) is 3. The topological polar surface area (TPSA) is 60.7 Å². The van der Waals surface area contributed by atoms with Gasteiger partial charge in [0, 0.05) is 28.8 Å². The van der Waals surface area contributed by atoms with E-state index in [0.29, 0.717) is 38.0 Å². The van der Waals surface area contributed by atoms with Gasteiger partial charge in [0.1, 0.15) is 18.2 Å². The Morgan fingerprint density at radius 3 is 2.61 bits per heavy atom. The zero-order valence-electron chi connectivity index (χ0n) is 20.4. The fourth-order valence-corrected chi connectivity index (χ4v) is 6.06. The van der Waals surface area contributed by atoms with E-state index < -0.39 is 17.0 Å². The number of nitrogens with zero attached hydrogens (tertiary/aromatic N) is 1. The summed E-state index contributed by atoms with van der Waals surface area (Å²) in [5.41, 5.74) is 4.01. The number of carbonyl (C=O) groups is 1. The molecule has 0 bridgehead atoms. The number of aromatic nitrogens is 1. The van der Waals surface area contributed by atoms with Gasteiger partial charge >= 0.3 is 5.97 Å². The van der Waals surface area contributed by atoms with Crippen LogP contribution < -0.4 is 4.74 Å². The molecule has 1 aliphatic heterocycles. The fraction of sp³-hybridized carbons (Fsp3) is 0.300. The third-order valence-electron chi connectivity index (χ3n) is 7.73. The summed E-state index contributed by atoms with van der Waals surface area (Å²) in [6.45, 7) is 4.46. The number of halogens is 1. The van der Waals surface area contributed by atoms with E-state index in [4.69, 9.17) is 9.47 Å². The molecular formula is C30H28FNO4. The van der Waals surface area contributed by atoms with Gasteiger partial charge in [-0.1, -0.05) is 36.4 Å². The molecule has 1 fully saturated rings. The molecule has 184 valence electrons. The highest BCUT2D eigenvalue weighted by Crippen LogP contribution is 2.61. The smallest absolute Gasteiger partial charge is 0.309 e. The standard InChI is InChI=1S/C30H28FNO4/c1-19-15-21(11-12-22(19)31)32-23-9-6-10-25(35-16-20-7-4-3-5-8-20)26(23)27-24(32)13-14-36-30(27)17-29(2,18-30)28(33)34/h3-12,15H,13-14,16-18H2,1-2H3,(H,33,34). The lowest BCUT2D eigenvalue weighted by molar-refractivity contribution is -0.198. The van der Waals surface area contributed by atoms with E-state index in [9.17, 15) is 14.3 Å². The number of carboxylic acids is 1. The lowest BCUT2D eigenvalue weighted by Gasteiger charge is -2.53. The van der Waals surface area contributed by atoms with Crippen molar-refractivity contribution in [1.82, 2.24) is 4.57 Å². The van der Waals surface area contributed by atoms with Crippen molar-refractivity contribution < 1.29 is 23.8 Å². The average molecular weight is 486 g/mol. The molecule has 0 unspecified atom stereocenters. The van der Waals surface area contributed by atoms with Gasteiger partial charge in [0.25, 0.3) is 0 Å². The first-order valence-electron chi connectivity index (χ1n) is 12.3. The second-order valence-corrected chi connectivity index (χ2v) is 10.3. The number of hydrogen-bond donors (Lipinski definition) is 1. The molecule has 1 saturated carbocycles. The lowest BCUT2D eigenvalue weighted by atomic mass is 9.56. The van der Waals surface area contributed by atoms with Crippen LogP contribution in [0.15, 0.2) is 66.7 Å². The monoisotopic (exact) mass is 485 g/mol. The maximum atomic E-state index is 14.2. The van der Waals surface area contributed by atoms with Crippen LogP contribution in [-0.4, -0.2) is 22.2 Å². The van der Waals surface area contributed by atoms with E-state index in [1.165, 1.54) is 6.07 Å². The summed E-state index contributed by atoms with van der Waals surface area (Å²) in [6, 6.07) is 21.1. The maximum absolute atomic E-state index is 14.2. The Bertz CT molecular complexity index is 1480. The van der Waals surface area contributed by atoms with Crippen LogP contribution in [0.4, 0.5) is 4.39 Å². The van der Waals surface area contributed by atoms with E-state index in [1.807, 2.05) is 54.6 Å². The van der Waals surface area contributed by atoms with Crippen molar-refractivity contribution >= 4 is 16.9 Å².